The number of hydrogen-bond donors (Lipinski definition) is 2. The summed E-state index contributed by atoms with van der Waals surface area (Å²) >= 11 is 5.91. The second-order valence-electron chi connectivity index (χ2n) is 4.74. The molecule has 0 heterocycles. The molecule has 110 valence electrons. The third kappa shape index (κ3) is 4.18. The van der Waals surface area contributed by atoms with E-state index in [1.807, 2.05) is 19.9 Å². The maximum atomic E-state index is 12.3. The van der Waals surface area contributed by atoms with Gasteiger partial charge in [-0.05, 0) is 30.5 Å². The van der Waals surface area contributed by atoms with E-state index in [1.54, 1.807) is 0 Å². The Morgan fingerprint density at radius 2 is 2.10 bits per heavy atom. The second-order valence-corrected chi connectivity index (χ2v) is 6.83. The summed E-state index contributed by atoms with van der Waals surface area (Å²) in [6.45, 7) is 3.62. The molecular formula is C13H17ClN2O3S. The van der Waals surface area contributed by atoms with E-state index in [2.05, 4.69) is 4.72 Å². The lowest BCUT2D eigenvalue weighted by atomic mass is 10.0. The second kappa shape index (κ2) is 7.04. The van der Waals surface area contributed by atoms with Crippen LogP contribution in [0.15, 0.2) is 23.1 Å². The Labute approximate surface area is 124 Å². The Morgan fingerprint density at radius 3 is 2.55 bits per heavy atom. The number of rotatable bonds is 6. The summed E-state index contributed by atoms with van der Waals surface area (Å²) in [5, 5.41) is 17.7. The molecule has 20 heavy (non-hydrogen) atoms. The predicted octanol–water partition coefficient (Wildman–Crippen LogP) is 1.90. The average molecular weight is 317 g/mol. The first kappa shape index (κ1) is 16.9. The van der Waals surface area contributed by atoms with E-state index in [0.717, 1.165) is 0 Å². The molecule has 0 amide bonds. The quantitative estimate of drug-likeness (QED) is 0.838. The summed E-state index contributed by atoms with van der Waals surface area (Å²) < 4.78 is 27.1. The number of benzene rings is 1. The van der Waals surface area contributed by atoms with Crippen molar-refractivity contribution in [3.8, 4) is 6.07 Å². The summed E-state index contributed by atoms with van der Waals surface area (Å²) in [6, 6.07) is 5.53. The minimum Gasteiger partial charge on any atom is -0.396 e. The highest BCUT2D eigenvalue weighted by molar-refractivity contribution is 7.89. The van der Waals surface area contributed by atoms with E-state index in [1.165, 1.54) is 18.2 Å². The zero-order chi connectivity index (χ0) is 15.3. The van der Waals surface area contributed by atoms with Gasteiger partial charge in [0, 0.05) is 12.6 Å². The first-order chi connectivity index (χ1) is 9.31. The fraction of sp³-hybridized carbons (Fsp3) is 0.462. The lowest BCUT2D eigenvalue weighted by Crippen LogP contribution is -2.39. The van der Waals surface area contributed by atoms with Crippen molar-refractivity contribution in [2.45, 2.75) is 31.2 Å². The standard InChI is InChI=1S/C13H17ClN2O3S/c1-9(2)12(5-6-17)16-20(18,19)13-4-3-10(8-15)7-11(13)14/h3-4,7,9,12,16-17H,5-6H2,1-2H3. The molecule has 5 nitrogen and oxygen atoms in total. The molecule has 1 rings (SSSR count). The van der Waals surface area contributed by atoms with Gasteiger partial charge in [-0.15, -0.1) is 0 Å². The first-order valence-corrected chi connectivity index (χ1v) is 8.00. The Kier molecular flexibility index (Phi) is 5.96. The van der Waals surface area contributed by atoms with E-state index in [0.29, 0.717) is 12.0 Å². The van der Waals surface area contributed by atoms with Crippen LogP contribution in [-0.4, -0.2) is 26.2 Å². The summed E-state index contributed by atoms with van der Waals surface area (Å²) in [4.78, 5) is -0.0678. The molecule has 1 unspecified atom stereocenters. The molecule has 7 heteroatoms. The van der Waals surface area contributed by atoms with Crippen LogP contribution in [0.4, 0.5) is 0 Å². The molecule has 0 bridgehead atoms. The van der Waals surface area contributed by atoms with Gasteiger partial charge in [0.25, 0.3) is 0 Å². The predicted molar refractivity (Wildman–Crippen MR) is 76.8 cm³/mol. The lowest BCUT2D eigenvalue weighted by Gasteiger charge is -2.21. The van der Waals surface area contributed by atoms with Crippen molar-refractivity contribution in [3.63, 3.8) is 0 Å². The highest BCUT2D eigenvalue weighted by atomic mass is 35.5. The third-order valence-corrected chi connectivity index (χ3v) is 4.87. The number of nitrogens with zero attached hydrogens (tertiary/aromatic N) is 1. The van der Waals surface area contributed by atoms with Gasteiger partial charge in [0.05, 0.1) is 16.7 Å². The fourth-order valence-corrected chi connectivity index (χ4v) is 3.68. The molecule has 0 aliphatic heterocycles. The van der Waals surface area contributed by atoms with E-state index >= 15 is 0 Å². The van der Waals surface area contributed by atoms with Crippen molar-refractivity contribution in [2.75, 3.05) is 6.61 Å². The van der Waals surface area contributed by atoms with Crippen LogP contribution in [0.5, 0.6) is 0 Å². The van der Waals surface area contributed by atoms with Crippen LogP contribution in [0.1, 0.15) is 25.8 Å². The molecular weight excluding hydrogens is 300 g/mol. The maximum Gasteiger partial charge on any atom is 0.242 e. The molecule has 1 atom stereocenters. The van der Waals surface area contributed by atoms with Gasteiger partial charge in [-0.1, -0.05) is 25.4 Å². The minimum absolute atomic E-state index is 0.00283. The molecule has 0 spiro atoms. The van der Waals surface area contributed by atoms with Crippen LogP contribution < -0.4 is 4.72 Å². The Morgan fingerprint density at radius 1 is 1.45 bits per heavy atom. The van der Waals surface area contributed by atoms with Crippen molar-refractivity contribution in [2.24, 2.45) is 5.92 Å². The fourth-order valence-electron chi connectivity index (χ4n) is 1.72. The van der Waals surface area contributed by atoms with Crippen LogP contribution in [0.2, 0.25) is 5.02 Å². The summed E-state index contributed by atoms with van der Waals surface area (Å²) in [7, 11) is -3.78. The highest BCUT2D eigenvalue weighted by Crippen LogP contribution is 2.23. The summed E-state index contributed by atoms with van der Waals surface area (Å²) in [5.41, 5.74) is 0.296. The van der Waals surface area contributed by atoms with Crippen LogP contribution >= 0.6 is 11.6 Å². The smallest absolute Gasteiger partial charge is 0.242 e. The van der Waals surface area contributed by atoms with E-state index in [4.69, 9.17) is 22.0 Å². The first-order valence-electron chi connectivity index (χ1n) is 6.14. The number of nitriles is 1. The van der Waals surface area contributed by atoms with Crippen LogP contribution in [0.25, 0.3) is 0 Å². The Bertz CT molecular complexity index is 609. The molecule has 1 aromatic rings. The number of aliphatic hydroxyl groups is 1. The van der Waals surface area contributed by atoms with Gasteiger partial charge in [-0.2, -0.15) is 5.26 Å². The van der Waals surface area contributed by atoms with Gasteiger partial charge >= 0.3 is 0 Å². The summed E-state index contributed by atoms with van der Waals surface area (Å²) in [6.07, 6.45) is 0.324. The number of sulfonamides is 1. The topological polar surface area (TPSA) is 90.2 Å². The third-order valence-electron chi connectivity index (χ3n) is 2.90. The van der Waals surface area contributed by atoms with Crippen molar-refractivity contribution in [3.05, 3.63) is 28.8 Å². The lowest BCUT2D eigenvalue weighted by molar-refractivity contribution is 0.256. The van der Waals surface area contributed by atoms with Crippen molar-refractivity contribution in [1.82, 2.24) is 4.72 Å². The van der Waals surface area contributed by atoms with Crippen LogP contribution in [0.3, 0.4) is 0 Å². The van der Waals surface area contributed by atoms with Gasteiger partial charge in [0.1, 0.15) is 4.90 Å². The molecule has 0 saturated heterocycles. The van der Waals surface area contributed by atoms with Gasteiger partial charge in [0.2, 0.25) is 10.0 Å². The molecule has 0 fully saturated rings. The van der Waals surface area contributed by atoms with Gasteiger partial charge in [-0.25, -0.2) is 13.1 Å². The number of nitrogens with one attached hydrogen (secondary N) is 1. The minimum atomic E-state index is -3.78. The number of aliphatic hydroxyl groups excluding tert-OH is 1. The summed E-state index contributed by atoms with van der Waals surface area (Å²) in [5.74, 6) is 0.0362. The van der Waals surface area contributed by atoms with Crippen LogP contribution in [-0.2, 0) is 10.0 Å². The Balaban J connectivity index is 3.08. The molecule has 0 aromatic heterocycles. The number of halogens is 1. The average Bonchev–Trinajstić information content (AvgIpc) is 2.37. The van der Waals surface area contributed by atoms with Gasteiger partial charge in [0.15, 0.2) is 0 Å². The van der Waals surface area contributed by atoms with Gasteiger partial charge < -0.3 is 5.11 Å². The van der Waals surface area contributed by atoms with Gasteiger partial charge in [-0.3, -0.25) is 0 Å². The normalized spacial score (nSPS) is 13.2. The highest BCUT2D eigenvalue weighted by Gasteiger charge is 2.24. The molecule has 0 saturated carbocycles. The zero-order valence-electron chi connectivity index (χ0n) is 11.3. The van der Waals surface area contributed by atoms with E-state index in [9.17, 15) is 8.42 Å². The monoisotopic (exact) mass is 316 g/mol. The molecule has 0 radical (unpaired) electrons. The Hall–Kier alpha value is -1.13. The number of hydrogen-bond acceptors (Lipinski definition) is 4. The van der Waals surface area contributed by atoms with Crippen molar-refractivity contribution in [1.29, 1.82) is 5.26 Å². The largest absolute Gasteiger partial charge is 0.396 e. The van der Waals surface area contributed by atoms with Crippen molar-refractivity contribution < 1.29 is 13.5 Å². The van der Waals surface area contributed by atoms with Crippen molar-refractivity contribution >= 4 is 21.6 Å². The molecule has 1 aromatic carbocycles. The zero-order valence-corrected chi connectivity index (χ0v) is 12.9. The molecule has 2 N–H and O–H groups in total. The molecule has 0 aliphatic carbocycles. The van der Waals surface area contributed by atoms with E-state index < -0.39 is 10.0 Å². The van der Waals surface area contributed by atoms with E-state index in [-0.39, 0.29) is 28.5 Å². The maximum absolute atomic E-state index is 12.3. The SMILES string of the molecule is CC(C)C(CCO)NS(=O)(=O)c1ccc(C#N)cc1Cl. The van der Waals surface area contributed by atoms with Crippen LogP contribution in [0, 0.1) is 17.2 Å². The molecule has 0 aliphatic rings.